The minimum absolute atomic E-state index is 0.896. The van der Waals surface area contributed by atoms with Gasteiger partial charge in [0.2, 0.25) is 0 Å². The molecule has 0 atom stereocenters. The molecule has 0 unspecified atom stereocenters. The summed E-state index contributed by atoms with van der Waals surface area (Å²) in [7, 11) is 0. The molecule has 0 N–H and O–H groups in total. The summed E-state index contributed by atoms with van der Waals surface area (Å²) in [6.45, 7) is 11.9. The largest absolute Gasteiger partial charge is 0.244 e. The molecule has 1 aromatic rings. The van der Waals surface area contributed by atoms with Crippen molar-refractivity contribution >= 4 is 0 Å². The van der Waals surface area contributed by atoms with Crippen LogP contribution >= 0.6 is 0 Å². The summed E-state index contributed by atoms with van der Waals surface area (Å²) in [4.78, 5) is 0. The molecule has 0 fully saturated rings. The molecule has 0 aromatic carbocycles. The molecule has 0 saturated carbocycles. The smallest absolute Gasteiger partial charge is 0.107 e. The first-order chi connectivity index (χ1) is 5.84. The Morgan fingerprint density at radius 1 is 1.08 bits per heavy atom. The Hall–Kier alpha value is -0.860. The van der Waals surface area contributed by atoms with Gasteiger partial charge in [0.05, 0.1) is 0 Å². The van der Waals surface area contributed by atoms with E-state index in [1.807, 2.05) is 41.5 Å². The summed E-state index contributed by atoms with van der Waals surface area (Å²) in [5.41, 5.74) is 1.84. The van der Waals surface area contributed by atoms with Crippen LogP contribution in [0.5, 0.6) is 0 Å². The van der Waals surface area contributed by atoms with Gasteiger partial charge in [-0.05, 0) is 13.3 Å². The van der Waals surface area contributed by atoms with E-state index in [2.05, 4.69) is 14.9 Å². The van der Waals surface area contributed by atoms with Crippen LogP contribution in [0.2, 0.25) is 0 Å². The number of hydrogen-bond donors (Lipinski definition) is 0. The maximum atomic E-state index is 4.44. The van der Waals surface area contributed by atoms with Crippen molar-refractivity contribution < 1.29 is 4.63 Å². The van der Waals surface area contributed by atoms with Gasteiger partial charge in [-0.2, -0.15) is 0 Å². The van der Waals surface area contributed by atoms with E-state index in [1.54, 1.807) is 0 Å². The average Bonchev–Trinajstić information content (AvgIpc) is 2.58. The van der Waals surface area contributed by atoms with Crippen LogP contribution in [0.25, 0.3) is 0 Å². The third-order valence-corrected chi connectivity index (χ3v) is 1.08. The predicted octanol–water partition coefficient (Wildman–Crippen LogP) is 2.99. The maximum Gasteiger partial charge on any atom is 0.107 e. The lowest BCUT2D eigenvalue weighted by molar-refractivity contribution is 0.301. The fourth-order valence-corrected chi connectivity index (χ4v) is 0.570. The molecule has 0 saturated heterocycles. The molecule has 1 aromatic heterocycles. The Bertz CT molecular complexity index is 173. The van der Waals surface area contributed by atoms with Gasteiger partial charge in [0, 0.05) is 0 Å². The fraction of sp³-hybridized carbons (Fsp3) is 0.778. The van der Waals surface area contributed by atoms with Gasteiger partial charge in [-0.15, -0.1) is 0 Å². The van der Waals surface area contributed by atoms with Gasteiger partial charge in [0.15, 0.2) is 0 Å². The van der Waals surface area contributed by atoms with Gasteiger partial charge in [-0.1, -0.05) is 44.9 Å². The number of aryl methyl sites for hydroxylation is 2. The molecular weight excluding hydrogens is 152 g/mol. The fourth-order valence-electron chi connectivity index (χ4n) is 0.570. The molecule has 0 spiro atoms. The van der Waals surface area contributed by atoms with Crippen molar-refractivity contribution in [2.24, 2.45) is 0 Å². The van der Waals surface area contributed by atoms with Crippen molar-refractivity contribution in [1.29, 1.82) is 0 Å². The highest BCUT2D eigenvalue weighted by Crippen LogP contribution is 1.98. The Kier molecular flexibility index (Phi) is 11.6. The zero-order valence-electron chi connectivity index (χ0n) is 9.01. The number of hydrogen-bond acceptors (Lipinski definition) is 3. The second-order valence-electron chi connectivity index (χ2n) is 1.65. The van der Waals surface area contributed by atoms with E-state index < -0.39 is 0 Å². The molecular formula is C9H20N2O. The third kappa shape index (κ3) is 4.88. The first-order valence-corrected chi connectivity index (χ1v) is 4.62. The highest BCUT2D eigenvalue weighted by Gasteiger charge is 1.98. The predicted molar refractivity (Wildman–Crippen MR) is 51.1 cm³/mol. The van der Waals surface area contributed by atoms with E-state index in [4.69, 9.17) is 0 Å². The van der Waals surface area contributed by atoms with E-state index in [1.165, 1.54) is 0 Å². The van der Waals surface area contributed by atoms with Gasteiger partial charge >= 0.3 is 0 Å². The van der Waals surface area contributed by atoms with Crippen molar-refractivity contribution in [3.63, 3.8) is 0 Å². The standard InChI is InChI=1S/C5H8N2O.2C2H6/c1-3-5-4(2)6-8-7-5;2*1-2/h3H2,1-2H3;2*1-2H3. The molecule has 1 rings (SSSR count). The van der Waals surface area contributed by atoms with Gasteiger partial charge in [-0.25, -0.2) is 4.63 Å². The summed E-state index contributed by atoms with van der Waals surface area (Å²) in [6.07, 6.45) is 0.898. The molecule has 0 aliphatic carbocycles. The van der Waals surface area contributed by atoms with Crippen LogP contribution in [0.3, 0.4) is 0 Å². The van der Waals surface area contributed by atoms with Crippen LogP contribution in [0.15, 0.2) is 4.63 Å². The molecule has 3 heteroatoms. The van der Waals surface area contributed by atoms with Crippen LogP contribution in [0.1, 0.15) is 46.0 Å². The molecule has 0 aliphatic heterocycles. The second-order valence-corrected chi connectivity index (χ2v) is 1.65. The SMILES string of the molecule is CC.CC.CCc1nonc1C. The molecule has 72 valence electrons. The van der Waals surface area contributed by atoms with Crippen molar-refractivity contribution in [1.82, 2.24) is 10.3 Å². The zero-order valence-corrected chi connectivity index (χ0v) is 9.01. The number of aromatic nitrogens is 2. The first-order valence-electron chi connectivity index (χ1n) is 4.62. The quantitative estimate of drug-likeness (QED) is 0.653. The maximum absolute atomic E-state index is 4.44. The lowest BCUT2D eigenvalue weighted by atomic mass is 10.3. The van der Waals surface area contributed by atoms with Gasteiger partial charge in [0.25, 0.3) is 0 Å². The molecule has 0 bridgehead atoms. The van der Waals surface area contributed by atoms with Gasteiger partial charge in [-0.3, -0.25) is 0 Å². The normalized spacial score (nSPS) is 7.50. The van der Waals surface area contributed by atoms with Crippen LogP contribution < -0.4 is 0 Å². The van der Waals surface area contributed by atoms with Crippen LogP contribution in [0, 0.1) is 6.92 Å². The molecule has 3 nitrogen and oxygen atoms in total. The highest BCUT2D eigenvalue weighted by molar-refractivity contribution is 5.03. The van der Waals surface area contributed by atoms with E-state index in [9.17, 15) is 0 Å². The topological polar surface area (TPSA) is 38.9 Å². The average molecular weight is 172 g/mol. The number of nitrogens with zero attached hydrogens (tertiary/aromatic N) is 2. The minimum atomic E-state index is 0.896. The Morgan fingerprint density at radius 3 is 1.75 bits per heavy atom. The molecule has 1 heterocycles. The second kappa shape index (κ2) is 10.1. The van der Waals surface area contributed by atoms with Crippen molar-refractivity contribution in [3.8, 4) is 0 Å². The van der Waals surface area contributed by atoms with E-state index in [0.717, 1.165) is 17.8 Å². The Morgan fingerprint density at radius 2 is 1.58 bits per heavy atom. The summed E-state index contributed by atoms with van der Waals surface area (Å²) < 4.78 is 4.44. The summed E-state index contributed by atoms with van der Waals surface area (Å²) in [6, 6.07) is 0. The van der Waals surface area contributed by atoms with Gasteiger partial charge in [0.1, 0.15) is 11.4 Å². The van der Waals surface area contributed by atoms with Crippen molar-refractivity contribution in [3.05, 3.63) is 11.4 Å². The highest BCUT2D eigenvalue weighted by atomic mass is 16.6. The summed E-state index contributed by atoms with van der Waals surface area (Å²) >= 11 is 0. The monoisotopic (exact) mass is 172 g/mol. The van der Waals surface area contributed by atoms with E-state index in [0.29, 0.717) is 0 Å². The van der Waals surface area contributed by atoms with E-state index in [-0.39, 0.29) is 0 Å². The van der Waals surface area contributed by atoms with Crippen molar-refractivity contribution in [2.45, 2.75) is 48.0 Å². The van der Waals surface area contributed by atoms with Crippen LogP contribution in [-0.2, 0) is 6.42 Å². The van der Waals surface area contributed by atoms with Crippen molar-refractivity contribution in [2.75, 3.05) is 0 Å². The van der Waals surface area contributed by atoms with Crippen LogP contribution in [-0.4, -0.2) is 10.3 Å². The Labute approximate surface area is 75.1 Å². The zero-order chi connectivity index (χ0) is 9.98. The van der Waals surface area contributed by atoms with E-state index >= 15 is 0 Å². The molecule has 0 aliphatic rings. The lowest BCUT2D eigenvalue weighted by Gasteiger charge is -1.80. The lowest BCUT2D eigenvalue weighted by Crippen LogP contribution is -1.81. The summed E-state index contributed by atoms with van der Waals surface area (Å²) in [5, 5.41) is 7.25. The molecule has 12 heavy (non-hydrogen) atoms. The number of rotatable bonds is 1. The first kappa shape index (κ1) is 13.7. The molecule has 0 radical (unpaired) electrons. The Balaban J connectivity index is 0. The molecule has 0 amide bonds. The third-order valence-electron chi connectivity index (χ3n) is 1.08. The summed E-state index contributed by atoms with van der Waals surface area (Å²) in [5.74, 6) is 0. The van der Waals surface area contributed by atoms with Gasteiger partial charge < -0.3 is 0 Å². The minimum Gasteiger partial charge on any atom is -0.244 e. The van der Waals surface area contributed by atoms with Crippen LogP contribution in [0.4, 0.5) is 0 Å².